The van der Waals surface area contributed by atoms with E-state index in [1.807, 2.05) is 11.4 Å². The van der Waals surface area contributed by atoms with Crippen molar-refractivity contribution >= 4 is 38.6 Å². The molecule has 10 heteroatoms. The molecule has 0 aliphatic carbocycles. The zero-order chi connectivity index (χ0) is 24.8. The number of fused-ring (bicyclic) bond motifs is 2. The molecule has 0 saturated heterocycles. The van der Waals surface area contributed by atoms with Crippen LogP contribution >= 0.6 is 22.7 Å². The van der Waals surface area contributed by atoms with Crippen LogP contribution in [-0.4, -0.2) is 33.8 Å². The van der Waals surface area contributed by atoms with Crippen LogP contribution in [0.25, 0.3) is 38.0 Å². The minimum Gasteiger partial charge on any atom is -0.496 e. The Balaban J connectivity index is 1.30. The highest BCUT2D eigenvalue weighted by atomic mass is 32.1. The van der Waals surface area contributed by atoms with E-state index in [2.05, 4.69) is 15.1 Å². The molecule has 0 radical (unpaired) electrons. The Hall–Kier alpha value is -3.89. The van der Waals surface area contributed by atoms with Crippen LogP contribution in [0.5, 0.6) is 16.7 Å². The molecule has 2 aromatic carbocycles. The largest absolute Gasteiger partial charge is 0.496 e. The second kappa shape index (κ2) is 8.47. The van der Waals surface area contributed by atoms with Crippen LogP contribution in [0, 0.1) is 0 Å². The molecule has 6 rings (SSSR count). The van der Waals surface area contributed by atoms with Crippen LogP contribution in [0.3, 0.4) is 0 Å². The SMILES string of the molecule is [3H]c1cccc([3H])c1-c1nc(COc2cc(OC)cc3oc(-c4cn5nc(OC)sc5n4)cc23)cs1. The first kappa shape index (κ1) is 18.5. The number of methoxy groups -OCH3 is 2. The van der Waals surface area contributed by atoms with Crippen LogP contribution in [0.15, 0.2) is 64.5 Å². The van der Waals surface area contributed by atoms with E-state index in [4.69, 9.17) is 21.4 Å². The summed E-state index contributed by atoms with van der Waals surface area (Å²) in [5.41, 5.74) is 2.46. The molecule has 0 fully saturated rings. The van der Waals surface area contributed by atoms with Crippen LogP contribution in [-0.2, 0) is 6.61 Å². The molecule has 0 saturated carbocycles. The van der Waals surface area contributed by atoms with E-state index < -0.39 is 0 Å². The van der Waals surface area contributed by atoms with E-state index in [-0.39, 0.29) is 18.7 Å². The van der Waals surface area contributed by atoms with Crippen molar-refractivity contribution < 1.29 is 21.4 Å². The fourth-order valence-corrected chi connectivity index (χ4v) is 4.92. The molecule has 0 spiro atoms. The van der Waals surface area contributed by atoms with Crippen molar-refractivity contribution in [3.8, 4) is 38.7 Å². The number of aromatic nitrogens is 4. The number of thiazole rings is 1. The first-order chi connectivity index (χ1) is 17.5. The van der Waals surface area contributed by atoms with Crippen LogP contribution in [0.1, 0.15) is 8.44 Å². The standard InChI is InChI=1S/C24H18N4O4S2/c1-29-16-8-19(31-12-15-13-33-22(25-15)14-6-4-3-5-7-14)17-10-21(32-20(17)9-16)18-11-28-23(26-18)34-24(27-28)30-2/h3-11,13H,12H2,1-2H3/i6T,7T. The smallest absolute Gasteiger partial charge is 0.294 e. The number of benzene rings is 2. The summed E-state index contributed by atoms with van der Waals surface area (Å²) in [7, 11) is 3.15. The third kappa shape index (κ3) is 3.76. The van der Waals surface area contributed by atoms with Crippen molar-refractivity contribution in [2.24, 2.45) is 0 Å². The topological polar surface area (TPSA) is 83.9 Å². The van der Waals surface area contributed by atoms with Crippen LogP contribution < -0.4 is 14.2 Å². The van der Waals surface area contributed by atoms with Gasteiger partial charge in [-0.3, -0.25) is 0 Å². The Morgan fingerprint density at radius 2 is 1.97 bits per heavy atom. The molecule has 34 heavy (non-hydrogen) atoms. The van der Waals surface area contributed by atoms with Crippen molar-refractivity contribution in [1.29, 1.82) is 0 Å². The number of furan rings is 1. The summed E-state index contributed by atoms with van der Waals surface area (Å²) >= 11 is 2.72. The lowest BCUT2D eigenvalue weighted by molar-refractivity contribution is 0.303. The zero-order valence-electron chi connectivity index (χ0n) is 20.1. The Morgan fingerprint density at radius 3 is 2.76 bits per heavy atom. The van der Waals surface area contributed by atoms with Crippen molar-refractivity contribution in [1.82, 2.24) is 19.6 Å². The number of ether oxygens (including phenoxy) is 3. The summed E-state index contributed by atoms with van der Waals surface area (Å²) in [6.07, 6.45) is 1.78. The molecule has 0 unspecified atom stereocenters. The summed E-state index contributed by atoms with van der Waals surface area (Å²) in [6.45, 7) is 0.205. The summed E-state index contributed by atoms with van der Waals surface area (Å²) in [4.78, 5) is 9.88. The Morgan fingerprint density at radius 1 is 1.09 bits per heavy atom. The Kier molecular flexibility index (Phi) is 4.62. The molecular weight excluding hydrogens is 472 g/mol. The normalized spacial score (nSPS) is 12.2. The maximum absolute atomic E-state index is 8.12. The molecule has 0 amide bonds. The van der Waals surface area contributed by atoms with Gasteiger partial charge in [-0.15, -0.1) is 16.4 Å². The van der Waals surface area contributed by atoms with Crippen molar-refractivity contribution in [2.75, 3.05) is 14.2 Å². The number of rotatable bonds is 7. The predicted octanol–water partition coefficient (Wildman–Crippen LogP) is 5.92. The molecule has 6 aromatic rings. The maximum Gasteiger partial charge on any atom is 0.294 e. The quantitative estimate of drug-likeness (QED) is 0.272. The first-order valence-corrected chi connectivity index (χ1v) is 11.9. The summed E-state index contributed by atoms with van der Waals surface area (Å²) in [5.74, 6) is 1.75. The molecule has 0 N–H and O–H groups in total. The Bertz CT molecular complexity index is 1670. The van der Waals surface area contributed by atoms with Crippen molar-refractivity contribution in [3.63, 3.8) is 0 Å². The third-order valence-corrected chi connectivity index (χ3v) is 6.84. The van der Waals surface area contributed by atoms with E-state index >= 15 is 0 Å². The highest BCUT2D eigenvalue weighted by Crippen LogP contribution is 2.37. The predicted molar refractivity (Wildman–Crippen MR) is 131 cm³/mol. The molecule has 0 aliphatic rings. The average Bonchev–Trinajstić information content (AvgIpc) is 3.64. The zero-order valence-corrected chi connectivity index (χ0v) is 19.7. The molecule has 0 atom stereocenters. The number of hydrogen-bond acceptors (Lipinski definition) is 9. The molecule has 4 heterocycles. The molecule has 0 aliphatic heterocycles. The first-order valence-electron chi connectivity index (χ1n) is 11.2. The monoisotopic (exact) mass is 494 g/mol. The van der Waals surface area contributed by atoms with Gasteiger partial charge in [-0.1, -0.05) is 30.3 Å². The van der Waals surface area contributed by atoms with Gasteiger partial charge in [0.25, 0.3) is 5.19 Å². The van der Waals surface area contributed by atoms with Gasteiger partial charge in [-0.05, 0) is 17.4 Å². The second-order valence-corrected chi connectivity index (χ2v) is 8.97. The van der Waals surface area contributed by atoms with Gasteiger partial charge in [-0.25, -0.2) is 14.5 Å². The lowest BCUT2D eigenvalue weighted by atomic mass is 10.2. The van der Waals surface area contributed by atoms with Gasteiger partial charge in [0.15, 0.2) is 5.76 Å². The number of imidazole rings is 1. The van der Waals surface area contributed by atoms with E-state index in [0.29, 0.717) is 55.0 Å². The van der Waals surface area contributed by atoms with E-state index in [1.54, 1.807) is 55.3 Å². The van der Waals surface area contributed by atoms with Gasteiger partial charge < -0.3 is 18.6 Å². The molecule has 0 bridgehead atoms. The fourth-order valence-electron chi connectivity index (χ4n) is 3.45. The number of hydrogen-bond donors (Lipinski definition) is 0. The lowest BCUT2D eigenvalue weighted by Crippen LogP contribution is -1.96. The second-order valence-electron chi connectivity index (χ2n) is 7.20. The Labute approximate surface area is 204 Å². The van der Waals surface area contributed by atoms with Gasteiger partial charge in [0.2, 0.25) is 4.96 Å². The van der Waals surface area contributed by atoms with Crippen LogP contribution in [0.4, 0.5) is 0 Å². The van der Waals surface area contributed by atoms with E-state index in [0.717, 1.165) is 5.39 Å². The maximum atomic E-state index is 8.12. The number of nitrogens with zero attached hydrogens (tertiary/aromatic N) is 4. The molecule has 4 aromatic heterocycles. The molecular formula is C24H18N4O4S2. The lowest BCUT2D eigenvalue weighted by Gasteiger charge is -2.07. The third-order valence-electron chi connectivity index (χ3n) is 5.05. The fraction of sp³-hybridized carbons (Fsp3) is 0.125. The minimum absolute atomic E-state index is 0.205. The van der Waals surface area contributed by atoms with Gasteiger partial charge in [-0.2, -0.15) is 0 Å². The summed E-state index contributed by atoms with van der Waals surface area (Å²) in [5, 5.41) is 8.11. The van der Waals surface area contributed by atoms with Gasteiger partial charge in [0, 0.05) is 23.1 Å². The van der Waals surface area contributed by atoms with Crippen LogP contribution in [0.2, 0.25) is 0 Å². The van der Waals surface area contributed by atoms with Crippen molar-refractivity contribution in [2.45, 2.75) is 6.61 Å². The highest BCUT2D eigenvalue weighted by Gasteiger charge is 2.17. The average molecular weight is 495 g/mol. The molecule has 8 nitrogen and oxygen atoms in total. The van der Waals surface area contributed by atoms with E-state index in [1.165, 1.54) is 22.7 Å². The highest BCUT2D eigenvalue weighted by molar-refractivity contribution is 7.18. The molecule has 170 valence electrons. The van der Waals surface area contributed by atoms with Gasteiger partial charge in [0.1, 0.15) is 34.4 Å². The van der Waals surface area contributed by atoms with Gasteiger partial charge >= 0.3 is 0 Å². The van der Waals surface area contributed by atoms with Gasteiger partial charge in [0.05, 0.1) is 34.2 Å². The summed E-state index contributed by atoms with van der Waals surface area (Å²) in [6, 6.07) is 11.0. The summed E-state index contributed by atoms with van der Waals surface area (Å²) < 4.78 is 40.7. The minimum atomic E-state index is 0.205. The van der Waals surface area contributed by atoms with E-state index in [9.17, 15) is 0 Å². The van der Waals surface area contributed by atoms with Crippen molar-refractivity contribution in [3.05, 3.63) is 65.8 Å².